The lowest BCUT2D eigenvalue weighted by Gasteiger charge is -2.30. The third kappa shape index (κ3) is 4.23. The minimum atomic E-state index is -0.514. The van der Waals surface area contributed by atoms with E-state index in [1.54, 1.807) is 4.68 Å². The normalized spacial score (nSPS) is 20.5. The molecular weight excluding hydrogens is 352 g/mol. The maximum Gasteiger partial charge on any atom is 0.325 e. The van der Waals surface area contributed by atoms with Gasteiger partial charge in [0.15, 0.2) is 6.29 Å². The van der Waals surface area contributed by atoms with Crippen LogP contribution < -0.4 is 21.3 Å². The number of carbonyl (C=O) groups is 2. The number of hydrogen-bond donors (Lipinski definition) is 4. The van der Waals surface area contributed by atoms with Crippen molar-refractivity contribution < 1.29 is 9.59 Å². The van der Waals surface area contributed by atoms with Gasteiger partial charge < -0.3 is 5.32 Å². The van der Waals surface area contributed by atoms with Gasteiger partial charge in [-0.1, -0.05) is 20.8 Å². The molecule has 9 heteroatoms. The number of hydrogen-bond acceptors (Lipinski definition) is 5. The lowest BCUT2D eigenvalue weighted by Crippen LogP contribution is -2.52. The highest BCUT2D eigenvalue weighted by atomic mass is 32.1. The monoisotopic (exact) mass is 376 g/mol. The van der Waals surface area contributed by atoms with Crippen LogP contribution in [-0.2, 0) is 10.2 Å². The SMILES string of the molecule is CC1CC(=O)NC(n2nc(C(C)(C)C)cc2NC(=O)Nc2cccs2)N1. The smallest absolute Gasteiger partial charge is 0.322 e. The molecule has 0 bridgehead atoms. The Balaban J connectivity index is 1.86. The van der Waals surface area contributed by atoms with Gasteiger partial charge in [0.05, 0.1) is 10.7 Å². The second-order valence-electron chi connectivity index (χ2n) is 7.41. The van der Waals surface area contributed by atoms with Gasteiger partial charge >= 0.3 is 6.03 Å². The van der Waals surface area contributed by atoms with E-state index in [2.05, 4.69) is 26.4 Å². The summed E-state index contributed by atoms with van der Waals surface area (Å²) in [5.74, 6) is 0.457. The van der Waals surface area contributed by atoms with Gasteiger partial charge in [-0.2, -0.15) is 5.10 Å². The van der Waals surface area contributed by atoms with Gasteiger partial charge in [-0.15, -0.1) is 11.3 Å². The van der Waals surface area contributed by atoms with E-state index in [-0.39, 0.29) is 23.4 Å². The molecule has 2 aromatic rings. The molecular formula is C17H24N6O2S. The Bertz CT molecular complexity index is 793. The van der Waals surface area contributed by atoms with Gasteiger partial charge in [0.1, 0.15) is 5.82 Å². The molecule has 1 fully saturated rings. The molecule has 3 heterocycles. The lowest BCUT2D eigenvalue weighted by molar-refractivity contribution is -0.125. The molecule has 0 aromatic carbocycles. The van der Waals surface area contributed by atoms with Crippen LogP contribution in [0.4, 0.5) is 15.6 Å². The highest BCUT2D eigenvalue weighted by Gasteiger charge is 2.29. The highest BCUT2D eigenvalue weighted by molar-refractivity contribution is 7.14. The minimum Gasteiger partial charge on any atom is -0.322 e. The van der Waals surface area contributed by atoms with Gasteiger partial charge in [0.2, 0.25) is 5.91 Å². The summed E-state index contributed by atoms with van der Waals surface area (Å²) in [4.78, 5) is 24.3. The molecule has 2 atom stereocenters. The van der Waals surface area contributed by atoms with Crippen molar-refractivity contribution in [3.63, 3.8) is 0 Å². The molecule has 3 amide bonds. The standard InChI is InChI=1S/C17H24N6O2S/c1-10-8-13(24)20-15(18-10)23-12(9-11(22-23)17(2,3)4)19-16(25)21-14-6-5-7-26-14/h5-7,9-10,15,18H,8H2,1-4H3,(H,20,24)(H2,19,21,25). The van der Waals surface area contributed by atoms with Crippen LogP contribution in [0.15, 0.2) is 23.6 Å². The summed E-state index contributed by atoms with van der Waals surface area (Å²) in [6.07, 6.45) is -0.106. The number of amides is 3. The number of aromatic nitrogens is 2. The predicted molar refractivity (Wildman–Crippen MR) is 102 cm³/mol. The second kappa shape index (κ2) is 7.08. The Kier molecular flexibility index (Phi) is 5.01. The first-order valence-corrected chi connectivity index (χ1v) is 9.37. The molecule has 3 rings (SSSR count). The van der Waals surface area contributed by atoms with Crippen LogP contribution in [0.3, 0.4) is 0 Å². The maximum atomic E-state index is 12.3. The molecule has 4 N–H and O–H groups in total. The Hall–Kier alpha value is -2.39. The Morgan fingerprint density at radius 3 is 2.77 bits per heavy atom. The zero-order chi connectivity index (χ0) is 18.9. The fraction of sp³-hybridized carbons (Fsp3) is 0.471. The number of thiophene rings is 1. The zero-order valence-electron chi connectivity index (χ0n) is 15.3. The van der Waals surface area contributed by atoms with E-state index in [4.69, 9.17) is 0 Å². The van der Waals surface area contributed by atoms with Crippen molar-refractivity contribution in [1.82, 2.24) is 20.4 Å². The molecule has 8 nitrogen and oxygen atoms in total. The van der Waals surface area contributed by atoms with Crippen LogP contribution in [0, 0.1) is 0 Å². The van der Waals surface area contributed by atoms with E-state index in [1.807, 2.05) is 51.3 Å². The predicted octanol–water partition coefficient (Wildman–Crippen LogP) is 2.84. The van der Waals surface area contributed by atoms with E-state index in [1.165, 1.54) is 11.3 Å². The zero-order valence-corrected chi connectivity index (χ0v) is 16.1. The van der Waals surface area contributed by atoms with Crippen molar-refractivity contribution in [3.8, 4) is 0 Å². The summed E-state index contributed by atoms with van der Waals surface area (Å²) in [5, 5.41) is 19.0. The van der Waals surface area contributed by atoms with Crippen LogP contribution in [0.5, 0.6) is 0 Å². The van der Waals surface area contributed by atoms with E-state index < -0.39 is 6.29 Å². The molecule has 0 aliphatic carbocycles. The number of urea groups is 1. The topological polar surface area (TPSA) is 100 Å². The summed E-state index contributed by atoms with van der Waals surface area (Å²) < 4.78 is 1.61. The Morgan fingerprint density at radius 1 is 1.38 bits per heavy atom. The molecule has 1 aliphatic heterocycles. The van der Waals surface area contributed by atoms with Crippen molar-refractivity contribution >= 4 is 34.1 Å². The molecule has 0 spiro atoms. The quantitative estimate of drug-likeness (QED) is 0.662. The number of rotatable bonds is 3. The number of nitrogens with zero attached hydrogens (tertiary/aromatic N) is 2. The highest BCUT2D eigenvalue weighted by Crippen LogP contribution is 2.26. The summed E-state index contributed by atoms with van der Waals surface area (Å²) in [5.41, 5.74) is 0.620. The third-order valence-corrected chi connectivity index (χ3v) is 4.77. The lowest BCUT2D eigenvalue weighted by atomic mass is 9.92. The van der Waals surface area contributed by atoms with Gasteiger partial charge in [-0.3, -0.25) is 20.7 Å². The van der Waals surface area contributed by atoms with Crippen LogP contribution >= 0.6 is 11.3 Å². The van der Waals surface area contributed by atoms with Gasteiger partial charge in [0.25, 0.3) is 0 Å². The first kappa shape index (κ1) is 18.4. The summed E-state index contributed by atoms with van der Waals surface area (Å²) in [6.45, 7) is 8.08. The Morgan fingerprint density at radius 2 is 2.15 bits per heavy atom. The van der Waals surface area contributed by atoms with Crippen molar-refractivity contribution in [2.24, 2.45) is 0 Å². The fourth-order valence-corrected chi connectivity index (χ4v) is 3.26. The summed E-state index contributed by atoms with van der Waals surface area (Å²) in [7, 11) is 0. The molecule has 26 heavy (non-hydrogen) atoms. The first-order valence-electron chi connectivity index (χ1n) is 8.49. The number of anilines is 2. The maximum absolute atomic E-state index is 12.3. The Labute approximate surface area is 156 Å². The average Bonchev–Trinajstić information content (AvgIpc) is 3.15. The molecule has 1 saturated heterocycles. The van der Waals surface area contributed by atoms with Crippen LogP contribution in [0.25, 0.3) is 0 Å². The molecule has 1 aliphatic rings. The van der Waals surface area contributed by atoms with Gasteiger partial charge in [0, 0.05) is 23.9 Å². The number of carbonyl (C=O) groups excluding carboxylic acids is 2. The van der Waals surface area contributed by atoms with E-state index in [0.717, 1.165) is 10.7 Å². The first-order chi connectivity index (χ1) is 12.2. The average molecular weight is 376 g/mol. The van der Waals surface area contributed by atoms with Crippen molar-refractivity contribution in [3.05, 3.63) is 29.3 Å². The van der Waals surface area contributed by atoms with Crippen molar-refractivity contribution in [2.75, 3.05) is 10.6 Å². The van der Waals surface area contributed by atoms with E-state index in [9.17, 15) is 9.59 Å². The van der Waals surface area contributed by atoms with Crippen LogP contribution in [0.2, 0.25) is 0 Å². The van der Waals surface area contributed by atoms with Crippen LogP contribution in [0.1, 0.15) is 46.1 Å². The molecule has 2 unspecified atom stereocenters. The fourth-order valence-electron chi connectivity index (χ4n) is 2.65. The van der Waals surface area contributed by atoms with Gasteiger partial charge in [-0.25, -0.2) is 9.48 Å². The molecule has 0 saturated carbocycles. The molecule has 2 aromatic heterocycles. The van der Waals surface area contributed by atoms with Gasteiger partial charge in [-0.05, 0) is 24.4 Å². The molecule has 0 radical (unpaired) electrons. The minimum absolute atomic E-state index is 0.0174. The van der Waals surface area contributed by atoms with Crippen molar-refractivity contribution in [1.29, 1.82) is 0 Å². The summed E-state index contributed by atoms with van der Waals surface area (Å²) >= 11 is 1.44. The van der Waals surface area contributed by atoms with E-state index in [0.29, 0.717) is 12.2 Å². The number of nitrogens with one attached hydrogen (secondary N) is 4. The second-order valence-corrected chi connectivity index (χ2v) is 8.36. The van der Waals surface area contributed by atoms with E-state index >= 15 is 0 Å². The summed E-state index contributed by atoms with van der Waals surface area (Å²) in [6, 6.07) is 5.19. The third-order valence-electron chi connectivity index (χ3n) is 3.98. The van der Waals surface area contributed by atoms with Crippen LogP contribution in [-0.4, -0.2) is 27.8 Å². The largest absolute Gasteiger partial charge is 0.325 e. The molecule has 140 valence electrons. The van der Waals surface area contributed by atoms with Crippen molar-refractivity contribution in [2.45, 2.75) is 51.9 Å².